The first-order chi connectivity index (χ1) is 13.0. The standard InChI is InChI=1S/C20H17ClFN3O2/c21-16-9-14(22)8-13(18(16)26)10-25-7-6-17-15(11-25)20(27)24-19(23-17)12-4-2-1-3-5-12/h1-5,8-9,26H,6-7,10-11H2,(H,23,24,27). The molecule has 0 atom stereocenters. The summed E-state index contributed by atoms with van der Waals surface area (Å²) in [5, 5.41) is 10.0. The van der Waals surface area contributed by atoms with Crippen molar-refractivity contribution in [2.45, 2.75) is 19.5 Å². The molecule has 1 aromatic heterocycles. The van der Waals surface area contributed by atoms with E-state index in [2.05, 4.69) is 9.97 Å². The lowest BCUT2D eigenvalue weighted by molar-refractivity contribution is 0.238. The van der Waals surface area contributed by atoms with Crippen molar-refractivity contribution in [1.82, 2.24) is 14.9 Å². The van der Waals surface area contributed by atoms with Crippen LogP contribution >= 0.6 is 11.6 Å². The molecular weight excluding hydrogens is 369 g/mol. The number of fused-ring (bicyclic) bond motifs is 1. The van der Waals surface area contributed by atoms with E-state index < -0.39 is 5.82 Å². The maximum absolute atomic E-state index is 13.6. The zero-order valence-electron chi connectivity index (χ0n) is 14.4. The Morgan fingerprint density at radius 3 is 2.81 bits per heavy atom. The number of phenolic OH excluding ortho intramolecular Hbond substituents is 1. The molecule has 0 amide bonds. The largest absolute Gasteiger partial charge is 0.506 e. The summed E-state index contributed by atoms with van der Waals surface area (Å²) in [6, 6.07) is 11.8. The number of nitrogens with one attached hydrogen (secondary N) is 1. The van der Waals surface area contributed by atoms with E-state index in [0.717, 1.165) is 17.3 Å². The topological polar surface area (TPSA) is 69.2 Å². The second kappa shape index (κ2) is 7.13. The molecule has 5 nitrogen and oxygen atoms in total. The number of aromatic hydroxyl groups is 1. The van der Waals surface area contributed by atoms with Crippen molar-refractivity contribution in [3.63, 3.8) is 0 Å². The second-order valence-corrected chi connectivity index (χ2v) is 6.97. The molecule has 0 radical (unpaired) electrons. The maximum Gasteiger partial charge on any atom is 0.255 e. The number of hydrogen-bond acceptors (Lipinski definition) is 4. The summed E-state index contributed by atoms with van der Waals surface area (Å²) in [5.74, 6) is -0.0742. The molecular formula is C20H17ClFN3O2. The van der Waals surface area contributed by atoms with Crippen LogP contribution in [0.1, 0.15) is 16.8 Å². The number of aromatic nitrogens is 2. The van der Waals surface area contributed by atoms with Crippen molar-refractivity contribution in [3.8, 4) is 17.1 Å². The third-order valence-corrected chi connectivity index (χ3v) is 4.98. The molecule has 2 N–H and O–H groups in total. The summed E-state index contributed by atoms with van der Waals surface area (Å²) in [6.45, 7) is 1.31. The van der Waals surface area contributed by atoms with E-state index in [1.54, 1.807) is 0 Å². The Morgan fingerprint density at radius 2 is 2.04 bits per heavy atom. The number of nitrogens with zero attached hydrogens (tertiary/aromatic N) is 2. The maximum atomic E-state index is 13.6. The van der Waals surface area contributed by atoms with Crippen LogP contribution < -0.4 is 5.56 Å². The van der Waals surface area contributed by atoms with E-state index in [0.29, 0.717) is 43.0 Å². The monoisotopic (exact) mass is 385 g/mol. The molecule has 27 heavy (non-hydrogen) atoms. The lowest BCUT2D eigenvalue weighted by Gasteiger charge is -2.28. The summed E-state index contributed by atoms with van der Waals surface area (Å²) < 4.78 is 13.6. The van der Waals surface area contributed by atoms with Gasteiger partial charge >= 0.3 is 0 Å². The molecule has 0 bridgehead atoms. The quantitative estimate of drug-likeness (QED) is 0.724. The number of halogens is 2. The Hall–Kier alpha value is -2.70. The first-order valence-electron chi connectivity index (χ1n) is 8.58. The molecule has 2 aromatic carbocycles. The Morgan fingerprint density at radius 1 is 1.26 bits per heavy atom. The van der Waals surface area contributed by atoms with Crippen molar-refractivity contribution in [2.24, 2.45) is 0 Å². The van der Waals surface area contributed by atoms with Crippen LogP contribution in [-0.4, -0.2) is 26.5 Å². The predicted octanol–water partition coefficient (Wildman–Crippen LogP) is 3.49. The van der Waals surface area contributed by atoms with Gasteiger partial charge in [0.1, 0.15) is 17.4 Å². The van der Waals surface area contributed by atoms with Crippen molar-refractivity contribution < 1.29 is 9.50 Å². The molecule has 2 heterocycles. The molecule has 0 fully saturated rings. The Labute approximate surface area is 160 Å². The first-order valence-corrected chi connectivity index (χ1v) is 8.96. The Bertz CT molecular complexity index is 1050. The van der Waals surface area contributed by atoms with Crippen LogP contribution in [0.4, 0.5) is 4.39 Å². The molecule has 1 aliphatic heterocycles. The third-order valence-electron chi connectivity index (χ3n) is 4.70. The summed E-state index contributed by atoms with van der Waals surface area (Å²) in [4.78, 5) is 22.0. The Balaban J connectivity index is 1.60. The fourth-order valence-electron chi connectivity index (χ4n) is 3.33. The van der Waals surface area contributed by atoms with Crippen molar-refractivity contribution in [2.75, 3.05) is 6.54 Å². The third kappa shape index (κ3) is 3.59. The summed E-state index contributed by atoms with van der Waals surface area (Å²) >= 11 is 5.85. The minimum Gasteiger partial charge on any atom is -0.506 e. The molecule has 0 aliphatic carbocycles. The lowest BCUT2D eigenvalue weighted by Crippen LogP contribution is -2.35. The van der Waals surface area contributed by atoms with E-state index in [1.165, 1.54) is 6.07 Å². The molecule has 138 valence electrons. The van der Waals surface area contributed by atoms with Crippen LogP contribution in [0.15, 0.2) is 47.3 Å². The van der Waals surface area contributed by atoms with Gasteiger partial charge in [0.2, 0.25) is 0 Å². The number of rotatable bonds is 3. The predicted molar refractivity (Wildman–Crippen MR) is 101 cm³/mol. The van der Waals surface area contributed by atoms with Gasteiger partial charge in [-0.25, -0.2) is 9.37 Å². The van der Waals surface area contributed by atoms with E-state index >= 15 is 0 Å². The highest BCUT2D eigenvalue weighted by molar-refractivity contribution is 6.32. The van der Waals surface area contributed by atoms with Crippen LogP contribution in [0, 0.1) is 5.82 Å². The highest BCUT2D eigenvalue weighted by Crippen LogP contribution is 2.30. The van der Waals surface area contributed by atoms with Gasteiger partial charge in [-0.2, -0.15) is 0 Å². The molecule has 7 heteroatoms. The summed E-state index contributed by atoms with van der Waals surface area (Å²) in [5.41, 5.74) is 2.45. The number of aromatic amines is 1. The van der Waals surface area contributed by atoms with Crippen molar-refractivity contribution >= 4 is 11.6 Å². The second-order valence-electron chi connectivity index (χ2n) is 6.56. The van der Waals surface area contributed by atoms with Crippen LogP contribution in [0.2, 0.25) is 5.02 Å². The van der Waals surface area contributed by atoms with Gasteiger partial charge in [0.15, 0.2) is 0 Å². The fourth-order valence-corrected chi connectivity index (χ4v) is 3.55. The van der Waals surface area contributed by atoms with E-state index in [1.807, 2.05) is 35.2 Å². The van der Waals surface area contributed by atoms with Gasteiger partial charge in [0, 0.05) is 37.2 Å². The van der Waals surface area contributed by atoms with E-state index in [-0.39, 0.29) is 16.3 Å². The fraction of sp³-hybridized carbons (Fsp3) is 0.200. The zero-order valence-corrected chi connectivity index (χ0v) is 15.1. The first kappa shape index (κ1) is 17.7. The van der Waals surface area contributed by atoms with Gasteiger partial charge in [-0.1, -0.05) is 41.9 Å². The number of benzene rings is 2. The van der Waals surface area contributed by atoms with E-state index in [9.17, 15) is 14.3 Å². The van der Waals surface area contributed by atoms with Gasteiger partial charge in [0.05, 0.1) is 16.3 Å². The summed E-state index contributed by atoms with van der Waals surface area (Å²) in [7, 11) is 0. The van der Waals surface area contributed by atoms with Crippen LogP contribution in [-0.2, 0) is 19.5 Å². The van der Waals surface area contributed by atoms with E-state index in [4.69, 9.17) is 11.6 Å². The van der Waals surface area contributed by atoms with Gasteiger partial charge in [-0.05, 0) is 12.1 Å². The molecule has 1 aliphatic rings. The van der Waals surface area contributed by atoms with Crippen LogP contribution in [0.3, 0.4) is 0 Å². The molecule has 3 aromatic rings. The molecule has 0 spiro atoms. The number of H-pyrrole nitrogens is 1. The molecule has 0 saturated heterocycles. The Kier molecular flexibility index (Phi) is 4.68. The van der Waals surface area contributed by atoms with Crippen LogP contribution in [0.25, 0.3) is 11.4 Å². The smallest absolute Gasteiger partial charge is 0.255 e. The summed E-state index contributed by atoms with van der Waals surface area (Å²) in [6.07, 6.45) is 0.600. The van der Waals surface area contributed by atoms with Crippen molar-refractivity contribution in [1.29, 1.82) is 0 Å². The highest BCUT2D eigenvalue weighted by atomic mass is 35.5. The SMILES string of the molecule is O=c1[nH]c(-c2ccccc2)nc2c1CN(Cc1cc(F)cc(Cl)c1O)CC2. The van der Waals surface area contributed by atoms with Gasteiger partial charge < -0.3 is 10.1 Å². The average molecular weight is 386 g/mol. The number of hydrogen-bond donors (Lipinski definition) is 2. The zero-order chi connectivity index (χ0) is 19.0. The average Bonchev–Trinajstić information content (AvgIpc) is 2.67. The van der Waals surface area contributed by atoms with Crippen LogP contribution in [0.5, 0.6) is 5.75 Å². The highest BCUT2D eigenvalue weighted by Gasteiger charge is 2.23. The molecule has 0 unspecified atom stereocenters. The van der Waals surface area contributed by atoms with Gasteiger partial charge in [-0.3, -0.25) is 9.69 Å². The minimum absolute atomic E-state index is 0.0190. The lowest BCUT2D eigenvalue weighted by atomic mass is 10.0. The molecule has 4 rings (SSSR count). The number of phenols is 1. The van der Waals surface area contributed by atoms with Gasteiger partial charge in [-0.15, -0.1) is 0 Å². The van der Waals surface area contributed by atoms with Gasteiger partial charge in [0.25, 0.3) is 5.56 Å². The normalized spacial score (nSPS) is 14.1. The molecule has 0 saturated carbocycles. The minimum atomic E-state index is -0.503. The van der Waals surface area contributed by atoms with Crippen molar-refractivity contribution in [3.05, 3.63) is 80.5 Å².